The van der Waals surface area contributed by atoms with Gasteiger partial charge in [0.1, 0.15) is 11.6 Å². The number of amides is 1. The van der Waals surface area contributed by atoms with Crippen LogP contribution in [0.1, 0.15) is 48.2 Å². The maximum atomic E-state index is 13.6. The number of nitrogens with zero attached hydrogens (tertiary/aromatic N) is 4. The van der Waals surface area contributed by atoms with Gasteiger partial charge in [-0.05, 0) is 69.7 Å². The number of methoxy groups -OCH3 is 1. The molecule has 1 aliphatic heterocycles. The molecule has 3 aromatic heterocycles. The molecule has 0 spiro atoms. The predicted octanol–water partition coefficient (Wildman–Crippen LogP) is 5.28. The van der Waals surface area contributed by atoms with Crippen LogP contribution in [-0.4, -0.2) is 50.3 Å². The molecule has 1 N–H and O–H groups in total. The van der Waals surface area contributed by atoms with E-state index in [4.69, 9.17) is 9.72 Å². The Labute approximate surface area is 203 Å². The first-order chi connectivity index (χ1) is 16.2. The third kappa shape index (κ3) is 3.53. The number of hydrogen-bond donors (Lipinski definition) is 1. The fraction of sp³-hybridized carbons (Fsp3) is 0.346. The summed E-state index contributed by atoms with van der Waals surface area (Å²) in [6, 6.07) is 6.31. The summed E-state index contributed by atoms with van der Waals surface area (Å²) in [7, 11) is 3.54. The molecule has 1 amide bonds. The van der Waals surface area contributed by atoms with E-state index in [-0.39, 0.29) is 11.4 Å². The van der Waals surface area contributed by atoms with Crippen molar-refractivity contribution in [3.8, 4) is 34.0 Å². The average Bonchev–Trinajstić information content (AvgIpc) is 3.55. The van der Waals surface area contributed by atoms with E-state index in [0.717, 1.165) is 58.2 Å². The van der Waals surface area contributed by atoms with Gasteiger partial charge in [-0.3, -0.25) is 14.5 Å². The molecule has 0 saturated carbocycles. The second-order valence-electron chi connectivity index (χ2n) is 9.68. The largest absolute Gasteiger partial charge is 0.496 e. The van der Waals surface area contributed by atoms with Gasteiger partial charge in [0.2, 0.25) is 0 Å². The lowest BCUT2D eigenvalue weighted by Crippen LogP contribution is -2.43. The zero-order valence-electron chi connectivity index (χ0n) is 20.4. The third-order valence-electron chi connectivity index (χ3n) is 6.66. The maximum absolute atomic E-state index is 13.6. The van der Waals surface area contributed by atoms with Gasteiger partial charge >= 0.3 is 0 Å². The second-order valence-corrected chi connectivity index (χ2v) is 10.5. The molecule has 0 unspecified atom stereocenters. The Morgan fingerprint density at radius 1 is 1.24 bits per heavy atom. The highest BCUT2D eigenvalue weighted by molar-refractivity contribution is 7.08. The van der Waals surface area contributed by atoms with Crippen molar-refractivity contribution in [1.82, 2.24) is 24.6 Å². The first-order valence-electron chi connectivity index (χ1n) is 11.3. The molecule has 0 aliphatic carbocycles. The molecule has 0 bridgehead atoms. The Bertz CT molecular complexity index is 1380. The molecule has 4 heterocycles. The Hall–Kier alpha value is -3.39. The van der Waals surface area contributed by atoms with E-state index >= 15 is 0 Å². The maximum Gasteiger partial charge on any atom is 0.274 e. The number of fused-ring (bicyclic) bond motifs is 3. The fourth-order valence-electron chi connectivity index (χ4n) is 4.45. The lowest BCUT2D eigenvalue weighted by atomic mass is 9.95. The van der Waals surface area contributed by atoms with Crippen molar-refractivity contribution in [3.63, 3.8) is 0 Å². The van der Waals surface area contributed by atoms with Crippen LogP contribution in [0.15, 0.2) is 35.2 Å². The SMILES string of the molecule is COc1cc2c(cc1-c1c[nH]nc1C)-n1c(-c3ccsc3)nc(C(=O)N(C)C(C)(C)C)c1CC2. The lowest BCUT2D eigenvalue weighted by Gasteiger charge is -2.32. The molecule has 34 heavy (non-hydrogen) atoms. The number of rotatable bonds is 4. The van der Waals surface area contributed by atoms with E-state index in [2.05, 4.69) is 38.3 Å². The van der Waals surface area contributed by atoms with Gasteiger partial charge in [0.05, 0.1) is 24.2 Å². The zero-order chi connectivity index (χ0) is 24.2. The number of aromatic amines is 1. The van der Waals surface area contributed by atoms with Crippen LogP contribution < -0.4 is 4.74 Å². The molecule has 1 aliphatic rings. The monoisotopic (exact) mass is 475 g/mol. The molecule has 5 rings (SSSR count). The van der Waals surface area contributed by atoms with E-state index in [0.29, 0.717) is 5.69 Å². The van der Waals surface area contributed by atoms with Gasteiger partial charge in [0, 0.05) is 40.9 Å². The predicted molar refractivity (Wildman–Crippen MR) is 135 cm³/mol. The summed E-state index contributed by atoms with van der Waals surface area (Å²) < 4.78 is 7.94. The van der Waals surface area contributed by atoms with Crippen LogP contribution in [0.5, 0.6) is 5.75 Å². The van der Waals surface area contributed by atoms with Crippen LogP contribution in [0.2, 0.25) is 0 Å². The van der Waals surface area contributed by atoms with Crippen molar-refractivity contribution in [2.75, 3.05) is 14.2 Å². The smallest absolute Gasteiger partial charge is 0.274 e. The molecule has 176 valence electrons. The fourth-order valence-corrected chi connectivity index (χ4v) is 5.08. The molecule has 4 aromatic rings. The van der Waals surface area contributed by atoms with E-state index in [9.17, 15) is 4.79 Å². The molecular weight excluding hydrogens is 446 g/mol. The van der Waals surface area contributed by atoms with Gasteiger partial charge < -0.3 is 9.64 Å². The summed E-state index contributed by atoms with van der Waals surface area (Å²) in [5.74, 6) is 1.55. The minimum absolute atomic E-state index is 0.0550. The minimum atomic E-state index is -0.304. The first kappa shape index (κ1) is 22.4. The molecule has 0 saturated heterocycles. The molecule has 0 fully saturated rings. The summed E-state index contributed by atoms with van der Waals surface area (Å²) in [5, 5.41) is 11.4. The summed E-state index contributed by atoms with van der Waals surface area (Å²) in [6.07, 6.45) is 3.44. The molecule has 7 nitrogen and oxygen atoms in total. The average molecular weight is 476 g/mol. The second kappa shape index (κ2) is 8.13. The molecule has 1 aromatic carbocycles. The first-order valence-corrected chi connectivity index (χ1v) is 12.3. The van der Waals surface area contributed by atoms with Crippen LogP contribution in [-0.2, 0) is 12.8 Å². The van der Waals surface area contributed by atoms with Gasteiger partial charge in [0.25, 0.3) is 5.91 Å². The van der Waals surface area contributed by atoms with Crippen molar-refractivity contribution in [2.24, 2.45) is 0 Å². The topological polar surface area (TPSA) is 76.0 Å². The highest BCUT2D eigenvalue weighted by Gasteiger charge is 2.33. The summed E-state index contributed by atoms with van der Waals surface area (Å²) in [6.45, 7) is 8.08. The van der Waals surface area contributed by atoms with Crippen LogP contribution in [0.3, 0.4) is 0 Å². The van der Waals surface area contributed by atoms with E-state index in [1.54, 1.807) is 23.3 Å². The Morgan fingerprint density at radius 2 is 2.03 bits per heavy atom. The highest BCUT2D eigenvalue weighted by atomic mass is 32.1. The van der Waals surface area contributed by atoms with E-state index in [1.165, 1.54) is 5.56 Å². The number of hydrogen-bond acceptors (Lipinski definition) is 5. The number of aryl methyl sites for hydroxylation is 2. The summed E-state index contributed by atoms with van der Waals surface area (Å²) >= 11 is 1.62. The standard InChI is InChI=1S/C26H29N5O2S/c1-15-19(13-27-29-15)18-12-21-16(11-22(18)33-6)7-8-20-23(25(32)30(5)26(2,3)4)28-24(31(20)21)17-9-10-34-14-17/h9-14H,7-8H2,1-6H3,(H,27,29). The zero-order valence-corrected chi connectivity index (χ0v) is 21.2. The van der Waals surface area contributed by atoms with Crippen LogP contribution in [0.4, 0.5) is 0 Å². The Balaban J connectivity index is 1.76. The number of carbonyl (C=O) groups is 1. The third-order valence-corrected chi connectivity index (χ3v) is 7.34. The highest BCUT2D eigenvalue weighted by Crippen LogP contribution is 2.41. The number of imidazole rings is 1. The number of H-pyrrole nitrogens is 1. The Kier molecular flexibility index (Phi) is 5.36. The molecular formula is C26H29N5O2S. The summed E-state index contributed by atoms with van der Waals surface area (Å²) in [5.41, 5.74) is 7.25. The Morgan fingerprint density at radius 3 is 2.65 bits per heavy atom. The van der Waals surface area contributed by atoms with Crippen LogP contribution in [0.25, 0.3) is 28.2 Å². The number of thiophene rings is 1. The summed E-state index contributed by atoms with van der Waals surface area (Å²) in [4.78, 5) is 20.3. The minimum Gasteiger partial charge on any atom is -0.496 e. The molecule has 0 atom stereocenters. The quantitative estimate of drug-likeness (QED) is 0.436. The van der Waals surface area contributed by atoms with Gasteiger partial charge in [-0.25, -0.2) is 4.98 Å². The van der Waals surface area contributed by atoms with Gasteiger partial charge in [-0.2, -0.15) is 16.4 Å². The number of carbonyl (C=O) groups excluding carboxylic acids is 1. The van der Waals surface area contributed by atoms with Gasteiger partial charge in [-0.1, -0.05) is 0 Å². The normalized spacial score (nSPS) is 12.9. The van der Waals surface area contributed by atoms with Gasteiger partial charge in [-0.15, -0.1) is 0 Å². The lowest BCUT2D eigenvalue weighted by molar-refractivity contribution is 0.0649. The van der Waals surface area contributed by atoms with Crippen molar-refractivity contribution < 1.29 is 9.53 Å². The molecule has 0 radical (unpaired) electrons. The molecule has 8 heteroatoms. The van der Waals surface area contributed by atoms with Crippen molar-refractivity contribution in [2.45, 2.75) is 46.1 Å². The number of benzene rings is 1. The number of ether oxygens (including phenoxy) is 1. The van der Waals surface area contributed by atoms with E-state index < -0.39 is 0 Å². The van der Waals surface area contributed by atoms with Crippen molar-refractivity contribution in [1.29, 1.82) is 0 Å². The number of aromatic nitrogens is 4. The number of nitrogens with one attached hydrogen (secondary N) is 1. The van der Waals surface area contributed by atoms with E-state index in [1.807, 2.05) is 46.3 Å². The van der Waals surface area contributed by atoms with Crippen molar-refractivity contribution in [3.05, 3.63) is 57.8 Å². The van der Waals surface area contributed by atoms with Crippen LogP contribution >= 0.6 is 11.3 Å². The van der Waals surface area contributed by atoms with Gasteiger partial charge in [0.15, 0.2) is 5.69 Å². The van der Waals surface area contributed by atoms with Crippen molar-refractivity contribution >= 4 is 17.2 Å². The van der Waals surface area contributed by atoms with Crippen LogP contribution in [0, 0.1) is 6.92 Å².